The molecule has 1 aliphatic heterocycles. The van der Waals surface area contributed by atoms with Crippen molar-refractivity contribution in [3.05, 3.63) is 70.5 Å². The zero-order valence-corrected chi connectivity index (χ0v) is 20.9. The van der Waals surface area contributed by atoms with E-state index in [4.69, 9.17) is 11.6 Å². The topological polar surface area (TPSA) is 71.4 Å². The number of rotatable bonds is 8. The van der Waals surface area contributed by atoms with E-state index in [0.29, 0.717) is 42.6 Å². The number of fused-ring (bicyclic) bond motifs is 1. The van der Waals surface area contributed by atoms with Gasteiger partial charge >= 0.3 is 0 Å². The van der Waals surface area contributed by atoms with Crippen LogP contribution in [0.25, 0.3) is 0 Å². The Kier molecular flexibility index (Phi) is 6.31. The van der Waals surface area contributed by atoms with Crippen molar-refractivity contribution in [2.24, 2.45) is 0 Å². The van der Waals surface area contributed by atoms with E-state index in [1.54, 1.807) is 29.2 Å². The maximum absolute atomic E-state index is 13.3. The van der Waals surface area contributed by atoms with Gasteiger partial charge in [-0.3, -0.25) is 13.8 Å². The third kappa shape index (κ3) is 4.53. The Balaban J connectivity index is 1.48. The molecule has 0 spiro atoms. The van der Waals surface area contributed by atoms with Crippen LogP contribution in [0.5, 0.6) is 0 Å². The lowest BCUT2D eigenvalue weighted by atomic mass is 10.2. The predicted octanol–water partition coefficient (Wildman–Crippen LogP) is 4.08. The molecule has 1 N–H and O–H groups in total. The van der Waals surface area contributed by atoms with E-state index in [-0.39, 0.29) is 16.6 Å². The van der Waals surface area contributed by atoms with Gasteiger partial charge in [0.1, 0.15) is 11.4 Å². The number of nitrogens with one attached hydrogen (secondary N) is 1. The second-order valence-electron chi connectivity index (χ2n) is 9.51. The fourth-order valence-electron chi connectivity index (χ4n) is 4.42. The number of amides is 2. The fourth-order valence-corrected chi connectivity index (χ4v) is 6.56. The molecular formula is C25H30ClN3O3S. The van der Waals surface area contributed by atoms with Crippen LogP contribution >= 0.6 is 11.6 Å². The average Bonchev–Trinajstić information content (AvgIpc) is 3.49. The molecule has 6 nitrogen and oxygen atoms in total. The van der Waals surface area contributed by atoms with Gasteiger partial charge in [-0.25, -0.2) is 0 Å². The smallest absolute Gasteiger partial charge is 0.270 e. The second kappa shape index (κ2) is 8.76. The number of nitrogens with zero attached hydrogens (tertiary/aromatic N) is 2. The average molecular weight is 488 g/mol. The minimum atomic E-state index is -1.12. The zero-order chi connectivity index (χ0) is 24.0. The van der Waals surface area contributed by atoms with Crippen molar-refractivity contribution in [1.29, 1.82) is 0 Å². The molecule has 8 heteroatoms. The van der Waals surface area contributed by atoms with Crippen molar-refractivity contribution in [3.63, 3.8) is 0 Å². The molecule has 1 fully saturated rings. The van der Waals surface area contributed by atoms with E-state index in [0.717, 1.165) is 24.0 Å². The van der Waals surface area contributed by atoms with Crippen molar-refractivity contribution in [2.75, 3.05) is 13.1 Å². The molecule has 2 amide bonds. The summed E-state index contributed by atoms with van der Waals surface area (Å²) >= 11 is 5.92. The van der Waals surface area contributed by atoms with Gasteiger partial charge in [0, 0.05) is 42.0 Å². The first kappa shape index (κ1) is 23.8. The van der Waals surface area contributed by atoms with E-state index in [1.807, 2.05) is 37.5 Å². The minimum absolute atomic E-state index is 0.110. The van der Waals surface area contributed by atoms with E-state index in [1.165, 1.54) is 0 Å². The third-order valence-electron chi connectivity index (χ3n) is 6.62. The highest BCUT2D eigenvalue weighted by molar-refractivity contribution is 7.88. The first-order valence-corrected chi connectivity index (χ1v) is 12.7. The Morgan fingerprint density at radius 2 is 1.94 bits per heavy atom. The monoisotopic (exact) mass is 487 g/mol. The molecule has 1 aromatic carbocycles. The second-order valence-corrected chi connectivity index (χ2v) is 12.4. The number of aromatic nitrogens is 1. The van der Waals surface area contributed by atoms with Crippen molar-refractivity contribution in [2.45, 2.75) is 56.2 Å². The summed E-state index contributed by atoms with van der Waals surface area (Å²) in [6, 6.07) is 9.11. The standard InChI is InChI=1S/C25H30ClN3O3S/c1-5-24(3,4)33(32)25(10-11-25)16-28-12-13-29-20(23(28)31)14-17(2)21(29)22(30)27-15-18-6-8-19(26)9-7-18/h5-9,14H,1,10-13,15-16H2,2-4H3,(H,27,30). The van der Waals surface area contributed by atoms with Crippen molar-refractivity contribution in [3.8, 4) is 0 Å². The highest BCUT2D eigenvalue weighted by Gasteiger charge is 2.54. The van der Waals surface area contributed by atoms with Gasteiger partial charge in [0.25, 0.3) is 11.8 Å². The third-order valence-corrected chi connectivity index (χ3v) is 9.32. The van der Waals surface area contributed by atoms with Crippen LogP contribution in [0.3, 0.4) is 0 Å². The van der Waals surface area contributed by atoms with Gasteiger partial charge in [0.2, 0.25) is 0 Å². The highest BCUT2D eigenvalue weighted by atomic mass is 35.5. The Morgan fingerprint density at radius 1 is 1.27 bits per heavy atom. The van der Waals surface area contributed by atoms with E-state index in [2.05, 4.69) is 11.9 Å². The van der Waals surface area contributed by atoms with Gasteiger partial charge < -0.3 is 14.8 Å². The van der Waals surface area contributed by atoms with Gasteiger partial charge in [-0.05, 0) is 62.9 Å². The summed E-state index contributed by atoms with van der Waals surface area (Å²) in [5.41, 5.74) is 2.75. The number of hydrogen-bond donors (Lipinski definition) is 1. The van der Waals surface area contributed by atoms with Gasteiger partial charge in [-0.2, -0.15) is 0 Å². The molecule has 1 atom stereocenters. The van der Waals surface area contributed by atoms with Crippen molar-refractivity contribution >= 4 is 34.2 Å². The molecule has 33 heavy (non-hydrogen) atoms. The molecule has 2 heterocycles. The first-order chi connectivity index (χ1) is 15.6. The zero-order valence-electron chi connectivity index (χ0n) is 19.3. The van der Waals surface area contributed by atoms with E-state index in [9.17, 15) is 13.8 Å². The highest BCUT2D eigenvalue weighted by Crippen LogP contribution is 2.47. The van der Waals surface area contributed by atoms with Crippen molar-refractivity contribution in [1.82, 2.24) is 14.8 Å². The van der Waals surface area contributed by atoms with Crippen LogP contribution in [-0.2, 0) is 23.9 Å². The van der Waals surface area contributed by atoms with Crippen LogP contribution in [0.1, 0.15) is 58.8 Å². The lowest BCUT2D eigenvalue weighted by molar-refractivity contribution is 0.0698. The Morgan fingerprint density at radius 3 is 2.55 bits per heavy atom. The minimum Gasteiger partial charge on any atom is -0.347 e. The summed E-state index contributed by atoms with van der Waals surface area (Å²) in [4.78, 5) is 28.1. The SMILES string of the molecule is C=CC(C)(C)S(=O)C1(CN2CCn3c(cc(C)c3C(=O)NCc3ccc(Cl)cc3)C2=O)CC1. The number of halogens is 1. The maximum atomic E-state index is 13.3. The summed E-state index contributed by atoms with van der Waals surface area (Å²) in [6.07, 6.45) is 3.43. The molecule has 0 saturated heterocycles. The molecule has 1 unspecified atom stereocenters. The molecule has 1 aromatic heterocycles. The number of carbonyl (C=O) groups excluding carboxylic acids is 2. The predicted molar refractivity (Wildman–Crippen MR) is 132 cm³/mol. The van der Waals surface area contributed by atoms with Gasteiger partial charge in [-0.15, -0.1) is 6.58 Å². The molecule has 1 aliphatic carbocycles. The van der Waals surface area contributed by atoms with Crippen LogP contribution < -0.4 is 5.32 Å². The summed E-state index contributed by atoms with van der Waals surface area (Å²) in [7, 11) is -1.12. The molecule has 1 saturated carbocycles. The van der Waals surface area contributed by atoms with Crippen LogP contribution in [0.4, 0.5) is 0 Å². The first-order valence-electron chi connectivity index (χ1n) is 11.2. The largest absolute Gasteiger partial charge is 0.347 e. The summed E-state index contributed by atoms with van der Waals surface area (Å²) in [5.74, 6) is -0.316. The van der Waals surface area contributed by atoms with E-state index < -0.39 is 15.5 Å². The van der Waals surface area contributed by atoms with Crippen LogP contribution in [-0.4, -0.2) is 48.1 Å². The fraction of sp³-hybridized carbons (Fsp3) is 0.440. The Bertz CT molecular complexity index is 1130. The summed E-state index contributed by atoms with van der Waals surface area (Å²) < 4.78 is 14.1. The molecule has 4 rings (SSSR count). The normalized spacial score (nSPS) is 17.9. The summed E-state index contributed by atoms with van der Waals surface area (Å²) in [6.45, 7) is 11.4. The number of carbonyl (C=O) groups is 2. The van der Waals surface area contributed by atoms with E-state index >= 15 is 0 Å². The van der Waals surface area contributed by atoms with Crippen LogP contribution in [0.2, 0.25) is 5.02 Å². The van der Waals surface area contributed by atoms with Gasteiger partial charge in [0.15, 0.2) is 0 Å². The molecule has 0 bridgehead atoms. The lowest BCUT2D eigenvalue weighted by Gasteiger charge is -2.34. The molecule has 2 aliphatic rings. The lowest BCUT2D eigenvalue weighted by Crippen LogP contribution is -2.48. The molecule has 176 valence electrons. The van der Waals surface area contributed by atoms with Gasteiger partial charge in [-0.1, -0.05) is 29.8 Å². The number of hydrogen-bond acceptors (Lipinski definition) is 3. The number of aryl methyl sites for hydroxylation is 1. The molecular weight excluding hydrogens is 458 g/mol. The van der Waals surface area contributed by atoms with Crippen molar-refractivity contribution < 1.29 is 13.8 Å². The number of benzene rings is 1. The quantitative estimate of drug-likeness (QED) is 0.570. The maximum Gasteiger partial charge on any atom is 0.270 e. The van der Waals surface area contributed by atoms with Crippen LogP contribution in [0.15, 0.2) is 43.0 Å². The summed E-state index contributed by atoms with van der Waals surface area (Å²) in [5, 5.41) is 3.59. The molecule has 2 aromatic rings. The Labute approximate surface area is 202 Å². The van der Waals surface area contributed by atoms with Crippen LogP contribution in [0, 0.1) is 6.92 Å². The van der Waals surface area contributed by atoms with Gasteiger partial charge in [0.05, 0.1) is 9.49 Å². The molecule has 0 radical (unpaired) electrons. The Hall–Kier alpha value is -2.38.